The van der Waals surface area contributed by atoms with Crippen LogP contribution in [0, 0.1) is 0 Å². The Bertz CT molecular complexity index is 161. The summed E-state index contributed by atoms with van der Waals surface area (Å²) in [6.07, 6.45) is 1.85. The van der Waals surface area contributed by atoms with E-state index in [1.807, 2.05) is 0 Å². The molecule has 0 aromatic carbocycles. The van der Waals surface area contributed by atoms with Crippen molar-refractivity contribution in [1.82, 2.24) is 0 Å². The largest absolute Gasteiger partial charge is 0.468 e. The Balaban J connectivity index is 2.51. The predicted octanol–water partition coefficient (Wildman–Crippen LogP) is 1.57. The number of thioether (sulfide) groups is 1. The van der Waals surface area contributed by atoms with Crippen LogP contribution in [-0.2, 0) is 9.53 Å². The monoisotopic (exact) mass is 158 g/mol. The van der Waals surface area contributed by atoms with Gasteiger partial charge in [0.1, 0.15) is 4.75 Å². The van der Waals surface area contributed by atoms with Gasteiger partial charge in [-0.1, -0.05) is 6.58 Å². The van der Waals surface area contributed by atoms with E-state index in [1.165, 1.54) is 18.9 Å². The number of hydrogen-bond donors (Lipinski definition) is 0. The molecule has 0 atom stereocenters. The van der Waals surface area contributed by atoms with Gasteiger partial charge in [-0.15, -0.1) is 11.8 Å². The lowest BCUT2D eigenvalue weighted by Crippen LogP contribution is -2.19. The van der Waals surface area contributed by atoms with Gasteiger partial charge in [-0.05, 0) is 18.2 Å². The summed E-state index contributed by atoms with van der Waals surface area (Å²) in [5.74, 6) is -0.114. The van der Waals surface area contributed by atoms with Crippen LogP contribution in [0.4, 0.5) is 0 Å². The summed E-state index contributed by atoms with van der Waals surface area (Å²) in [6, 6.07) is 0. The summed E-state index contributed by atoms with van der Waals surface area (Å²) >= 11 is 1.47. The van der Waals surface area contributed by atoms with Crippen LogP contribution in [0.5, 0.6) is 0 Å². The Morgan fingerprint density at radius 3 is 2.70 bits per heavy atom. The number of carbonyl (C=O) groups is 1. The van der Waals surface area contributed by atoms with Crippen molar-refractivity contribution in [1.29, 1.82) is 0 Å². The molecule has 1 rings (SSSR count). The summed E-state index contributed by atoms with van der Waals surface area (Å²) in [5, 5.41) is 1.70. The molecule has 1 aliphatic carbocycles. The highest BCUT2D eigenvalue weighted by atomic mass is 32.2. The first kappa shape index (κ1) is 7.66. The van der Waals surface area contributed by atoms with E-state index < -0.39 is 0 Å². The van der Waals surface area contributed by atoms with Crippen LogP contribution < -0.4 is 0 Å². The second-order valence-corrected chi connectivity index (χ2v) is 3.62. The van der Waals surface area contributed by atoms with Crippen molar-refractivity contribution in [2.75, 3.05) is 7.11 Å². The zero-order valence-corrected chi connectivity index (χ0v) is 6.74. The highest BCUT2D eigenvalue weighted by Crippen LogP contribution is 2.49. The van der Waals surface area contributed by atoms with Gasteiger partial charge >= 0.3 is 5.97 Å². The molecule has 2 nitrogen and oxygen atoms in total. The fourth-order valence-corrected chi connectivity index (χ4v) is 1.67. The van der Waals surface area contributed by atoms with Gasteiger partial charge in [0.2, 0.25) is 0 Å². The van der Waals surface area contributed by atoms with Gasteiger partial charge in [0.25, 0.3) is 0 Å². The Kier molecular flexibility index (Phi) is 2.04. The standard InChI is InChI=1S/C7H10O2S/c1-3-10-7(4-5-7)6(8)9-2/h3H,1,4-5H2,2H3. The van der Waals surface area contributed by atoms with Gasteiger partial charge in [-0.25, -0.2) is 0 Å². The van der Waals surface area contributed by atoms with E-state index in [9.17, 15) is 4.79 Å². The predicted molar refractivity (Wildman–Crippen MR) is 41.8 cm³/mol. The molecular formula is C7H10O2S. The molecule has 0 aliphatic heterocycles. The Morgan fingerprint density at radius 1 is 1.80 bits per heavy atom. The van der Waals surface area contributed by atoms with E-state index in [0.29, 0.717) is 0 Å². The third kappa shape index (κ3) is 1.19. The second-order valence-electron chi connectivity index (χ2n) is 2.27. The molecule has 0 saturated heterocycles. The maximum Gasteiger partial charge on any atom is 0.322 e. The van der Waals surface area contributed by atoms with Crippen molar-refractivity contribution in [3.8, 4) is 0 Å². The van der Waals surface area contributed by atoms with E-state index in [1.54, 1.807) is 5.41 Å². The molecule has 0 amide bonds. The van der Waals surface area contributed by atoms with Gasteiger partial charge in [0.15, 0.2) is 0 Å². The maximum atomic E-state index is 11.0. The van der Waals surface area contributed by atoms with Crippen molar-refractivity contribution in [3.05, 3.63) is 12.0 Å². The molecule has 0 bridgehead atoms. The highest BCUT2D eigenvalue weighted by molar-refractivity contribution is 8.04. The van der Waals surface area contributed by atoms with Gasteiger partial charge in [-0.3, -0.25) is 4.79 Å². The van der Waals surface area contributed by atoms with Crippen LogP contribution in [0.2, 0.25) is 0 Å². The van der Waals surface area contributed by atoms with Gasteiger partial charge in [0, 0.05) is 0 Å². The van der Waals surface area contributed by atoms with E-state index in [2.05, 4.69) is 11.3 Å². The SMILES string of the molecule is C=CSC1(C(=O)OC)CC1. The lowest BCUT2D eigenvalue weighted by molar-refractivity contribution is -0.140. The van der Waals surface area contributed by atoms with Crippen LogP contribution in [0.3, 0.4) is 0 Å². The van der Waals surface area contributed by atoms with Crippen LogP contribution in [0.15, 0.2) is 12.0 Å². The molecule has 0 aromatic rings. The van der Waals surface area contributed by atoms with Gasteiger partial charge in [-0.2, -0.15) is 0 Å². The average Bonchev–Trinajstić information content (AvgIpc) is 2.69. The maximum absolute atomic E-state index is 11.0. The molecule has 56 valence electrons. The van der Waals surface area contributed by atoms with E-state index in [4.69, 9.17) is 0 Å². The molecule has 10 heavy (non-hydrogen) atoms. The molecule has 0 radical (unpaired) electrons. The van der Waals surface area contributed by atoms with Gasteiger partial charge < -0.3 is 4.74 Å². The van der Waals surface area contributed by atoms with Crippen LogP contribution in [0.1, 0.15) is 12.8 Å². The van der Waals surface area contributed by atoms with Crippen molar-refractivity contribution in [2.24, 2.45) is 0 Å². The topological polar surface area (TPSA) is 26.3 Å². The van der Waals surface area contributed by atoms with Crippen LogP contribution in [0.25, 0.3) is 0 Å². The molecule has 1 aliphatic rings. The number of esters is 1. The molecule has 1 saturated carbocycles. The summed E-state index contributed by atoms with van der Waals surface area (Å²) in [5.41, 5.74) is 0. The quantitative estimate of drug-likeness (QED) is 0.583. The zero-order valence-electron chi connectivity index (χ0n) is 5.92. The van der Waals surface area contributed by atoms with Crippen molar-refractivity contribution in [3.63, 3.8) is 0 Å². The molecule has 0 unspecified atom stereocenters. The Labute approximate surface area is 64.6 Å². The summed E-state index contributed by atoms with van der Waals surface area (Å²) in [4.78, 5) is 11.0. The van der Waals surface area contributed by atoms with Crippen molar-refractivity contribution >= 4 is 17.7 Å². The first-order valence-electron chi connectivity index (χ1n) is 3.12. The number of ether oxygens (including phenoxy) is 1. The normalized spacial score (nSPS) is 19.7. The molecule has 0 heterocycles. The fraction of sp³-hybridized carbons (Fsp3) is 0.571. The first-order valence-corrected chi connectivity index (χ1v) is 4.00. The number of hydrogen-bond acceptors (Lipinski definition) is 3. The minimum atomic E-state index is -0.253. The lowest BCUT2D eigenvalue weighted by Gasteiger charge is -2.07. The number of carbonyl (C=O) groups excluding carboxylic acids is 1. The second kappa shape index (κ2) is 2.66. The lowest BCUT2D eigenvalue weighted by atomic mass is 10.4. The molecular weight excluding hydrogens is 148 g/mol. The summed E-state index contributed by atoms with van der Waals surface area (Å²) in [7, 11) is 1.42. The molecule has 0 aromatic heterocycles. The zero-order chi connectivity index (χ0) is 7.61. The molecule has 0 N–H and O–H groups in total. The highest BCUT2D eigenvalue weighted by Gasteiger charge is 2.51. The van der Waals surface area contributed by atoms with E-state index in [-0.39, 0.29) is 10.7 Å². The average molecular weight is 158 g/mol. The van der Waals surface area contributed by atoms with Crippen LogP contribution in [-0.4, -0.2) is 17.8 Å². The van der Waals surface area contributed by atoms with Crippen molar-refractivity contribution in [2.45, 2.75) is 17.6 Å². The molecule has 0 spiro atoms. The van der Waals surface area contributed by atoms with E-state index in [0.717, 1.165) is 12.8 Å². The Morgan fingerprint density at radius 2 is 2.40 bits per heavy atom. The van der Waals surface area contributed by atoms with Gasteiger partial charge in [0.05, 0.1) is 7.11 Å². The number of rotatable bonds is 3. The Hall–Kier alpha value is -0.440. The first-order chi connectivity index (χ1) is 4.75. The van der Waals surface area contributed by atoms with Crippen LogP contribution >= 0.6 is 11.8 Å². The van der Waals surface area contributed by atoms with Crippen molar-refractivity contribution < 1.29 is 9.53 Å². The fourth-order valence-electron chi connectivity index (χ4n) is 0.829. The third-order valence-electron chi connectivity index (χ3n) is 1.57. The third-order valence-corrected chi connectivity index (χ3v) is 2.76. The smallest absolute Gasteiger partial charge is 0.322 e. The minimum absolute atomic E-state index is 0.114. The minimum Gasteiger partial charge on any atom is -0.468 e. The molecule has 1 fully saturated rings. The van der Waals surface area contributed by atoms with E-state index >= 15 is 0 Å². The number of methoxy groups -OCH3 is 1. The summed E-state index contributed by atoms with van der Waals surface area (Å²) < 4.78 is 4.37. The molecule has 3 heteroatoms. The summed E-state index contributed by atoms with van der Waals surface area (Å²) in [6.45, 7) is 3.56.